The number of nitrogens with one attached hydrogen (secondary N) is 3. The minimum Gasteiger partial charge on any atom is -0.389 e. The van der Waals surface area contributed by atoms with Crippen molar-refractivity contribution in [2.75, 3.05) is 13.1 Å². The van der Waals surface area contributed by atoms with Crippen molar-refractivity contribution in [2.45, 2.75) is 141 Å². The van der Waals surface area contributed by atoms with Crippen molar-refractivity contribution in [3.8, 4) is 0 Å². The van der Waals surface area contributed by atoms with Gasteiger partial charge in [-0.05, 0) is 100 Å². The third kappa shape index (κ3) is 7.88. The van der Waals surface area contributed by atoms with Gasteiger partial charge in [0.2, 0.25) is 0 Å². The lowest BCUT2D eigenvalue weighted by molar-refractivity contribution is -0.250. The molecular formula is C27H53N7O3. The number of piperidine rings is 2. The number of rotatable bonds is 10. The van der Waals surface area contributed by atoms with Gasteiger partial charge in [-0.1, -0.05) is 6.92 Å². The van der Waals surface area contributed by atoms with Crippen LogP contribution in [0, 0.1) is 5.53 Å². The Hall–Kier alpha value is -1.75. The smallest absolute Gasteiger partial charge is 0.317 e. The van der Waals surface area contributed by atoms with E-state index in [1.807, 2.05) is 60.3 Å². The van der Waals surface area contributed by atoms with Gasteiger partial charge in [0, 0.05) is 53.5 Å². The Morgan fingerprint density at radius 3 is 1.92 bits per heavy atom. The van der Waals surface area contributed by atoms with Crippen LogP contribution in [0.3, 0.4) is 0 Å². The lowest BCUT2D eigenvalue weighted by atomic mass is 9.78. The largest absolute Gasteiger partial charge is 0.389 e. The summed E-state index contributed by atoms with van der Waals surface area (Å²) in [5, 5.41) is 34.5. The molecule has 2 saturated heterocycles. The van der Waals surface area contributed by atoms with Gasteiger partial charge in [0.15, 0.2) is 0 Å². The number of urea groups is 1. The molecule has 0 atom stereocenters. The van der Waals surface area contributed by atoms with Gasteiger partial charge in [-0.15, -0.1) is 0 Å². The van der Waals surface area contributed by atoms with Gasteiger partial charge in [-0.2, -0.15) is 15.2 Å². The first kappa shape index (κ1) is 31.5. The number of hydrogen-bond donors (Lipinski definition) is 5. The van der Waals surface area contributed by atoms with Gasteiger partial charge < -0.3 is 25.9 Å². The summed E-state index contributed by atoms with van der Waals surface area (Å²) >= 11 is 0. The predicted octanol–water partition coefficient (Wildman–Crippen LogP) is 5.47. The molecule has 0 aromatic rings. The molecule has 2 heterocycles. The zero-order valence-electron chi connectivity index (χ0n) is 24.7. The average molecular weight is 524 g/mol. The lowest BCUT2D eigenvalue weighted by Gasteiger charge is -2.54. The second-order valence-corrected chi connectivity index (χ2v) is 13.5. The van der Waals surface area contributed by atoms with Crippen LogP contribution in [0.1, 0.15) is 107 Å². The van der Waals surface area contributed by atoms with E-state index in [0.717, 1.165) is 13.0 Å². The normalized spacial score (nSPS) is 24.5. The van der Waals surface area contributed by atoms with Crippen LogP contribution in [-0.4, -0.2) is 78.8 Å². The molecule has 0 aromatic carbocycles. The fourth-order valence-electron chi connectivity index (χ4n) is 6.44. The topological polar surface area (TPSA) is 128 Å². The molecule has 2 fully saturated rings. The molecule has 0 saturated carbocycles. The number of nitrogens with zero attached hydrogens (tertiary/aromatic N) is 4. The van der Waals surface area contributed by atoms with Crippen LogP contribution >= 0.6 is 0 Å². The van der Waals surface area contributed by atoms with Crippen LogP contribution in [0.2, 0.25) is 0 Å². The van der Waals surface area contributed by atoms with Gasteiger partial charge in [0.05, 0.1) is 5.70 Å². The van der Waals surface area contributed by atoms with Gasteiger partial charge >= 0.3 is 6.03 Å². The van der Waals surface area contributed by atoms with E-state index in [1.165, 1.54) is 10.1 Å². The fourth-order valence-corrected chi connectivity index (χ4v) is 6.44. The minimum absolute atomic E-state index is 0.0501. The standard InChI is InChI=1S/C27H53N7O3/c1-10-13-29-19-20(31-28)12-11-14-32(22-17-26(6,7)34(37)27(8,9)18-22)23(35)30-21-15-24(2,3)33(36)25(4,5)16-21/h19,21-22,28-29,36-37H,10-18H2,1-9H3,(H,30,35)/b20-19-,31-28?. The van der Waals surface area contributed by atoms with E-state index in [-0.39, 0.29) is 18.1 Å². The molecule has 0 aromatic heterocycles. The minimum atomic E-state index is -0.483. The van der Waals surface area contributed by atoms with Crippen LogP contribution in [-0.2, 0) is 0 Å². The SMILES string of the molecule is CCCN/C=C(/CCCN(C(=O)NC1CC(C)(C)N(O)C(C)(C)C1)C1CC(C)(C)N(O)C(C)(C)C1)N=N. The van der Waals surface area contributed by atoms with E-state index >= 15 is 0 Å². The lowest BCUT2D eigenvalue weighted by Crippen LogP contribution is -2.66. The predicted molar refractivity (Wildman–Crippen MR) is 146 cm³/mol. The van der Waals surface area contributed by atoms with Gasteiger partial charge in [0.25, 0.3) is 0 Å². The Balaban J connectivity index is 2.23. The highest BCUT2D eigenvalue weighted by Gasteiger charge is 2.49. The third-order valence-corrected chi connectivity index (χ3v) is 7.92. The van der Waals surface area contributed by atoms with Crippen LogP contribution in [0.5, 0.6) is 0 Å². The molecule has 10 nitrogen and oxygen atoms in total. The maximum Gasteiger partial charge on any atom is 0.317 e. The summed E-state index contributed by atoms with van der Waals surface area (Å²) < 4.78 is 0. The maximum absolute atomic E-state index is 13.8. The fraction of sp³-hybridized carbons (Fsp3) is 0.889. The Labute approximate surface area is 224 Å². The maximum atomic E-state index is 13.8. The Kier molecular flexibility index (Phi) is 10.2. The van der Waals surface area contributed by atoms with Crippen molar-refractivity contribution in [3.63, 3.8) is 0 Å². The number of allylic oxidation sites excluding steroid dienone is 1. The molecule has 0 unspecified atom stereocenters. The van der Waals surface area contributed by atoms with E-state index < -0.39 is 22.2 Å². The summed E-state index contributed by atoms with van der Waals surface area (Å²) in [4.78, 5) is 15.8. The van der Waals surface area contributed by atoms with Crippen LogP contribution < -0.4 is 10.6 Å². The van der Waals surface area contributed by atoms with E-state index in [4.69, 9.17) is 5.53 Å². The molecule has 2 rings (SSSR count). The van der Waals surface area contributed by atoms with Crippen molar-refractivity contribution >= 4 is 6.03 Å². The quantitative estimate of drug-likeness (QED) is 0.191. The van der Waals surface area contributed by atoms with Crippen molar-refractivity contribution in [1.29, 1.82) is 5.53 Å². The summed E-state index contributed by atoms with van der Waals surface area (Å²) in [5.41, 5.74) is 6.29. The molecule has 0 aliphatic carbocycles. The number of carbonyl (C=O) groups is 1. The van der Waals surface area contributed by atoms with E-state index in [0.29, 0.717) is 50.8 Å². The zero-order valence-corrected chi connectivity index (χ0v) is 24.7. The van der Waals surface area contributed by atoms with Gasteiger partial charge in [0.1, 0.15) is 0 Å². The number of hydrogen-bond acceptors (Lipinski definition) is 8. The molecule has 2 aliphatic heterocycles. The Morgan fingerprint density at radius 1 is 0.973 bits per heavy atom. The first-order valence-electron chi connectivity index (χ1n) is 13.8. The molecule has 0 spiro atoms. The van der Waals surface area contributed by atoms with Crippen LogP contribution in [0.4, 0.5) is 4.79 Å². The highest BCUT2D eigenvalue weighted by molar-refractivity contribution is 5.75. The summed E-state index contributed by atoms with van der Waals surface area (Å²) in [7, 11) is 0. The highest BCUT2D eigenvalue weighted by atomic mass is 16.5. The highest BCUT2D eigenvalue weighted by Crippen LogP contribution is 2.40. The second-order valence-electron chi connectivity index (χ2n) is 13.5. The molecular weight excluding hydrogens is 470 g/mol. The molecule has 10 heteroatoms. The van der Waals surface area contributed by atoms with Crippen molar-refractivity contribution in [3.05, 3.63) is 11.9 Å². The summed E-state index contributed by atoms with van der Waals surface area (Å²) in [6.07, 6.45) is 6.66. The first-order chi connectivity index (χ1) is 17.0. The number of hydroxylamine groups is 4. The van der Waals surface area contributed by atoms with Gasteiger partial charge in [-0.3, -0.25) is 0 Å². The molecule has 2 amide bonds. The van der Waals surface area contributed by atoms with E-state index in [9.17, 15) is 15.2 Å². The second kappa shape index (κ2) is 12.0. The van der Waals surface area contributed by atoms with Crippen molar-refractivity contribution < 1.29 is 15.2 Å². The van der Waals surface area contributed by atoms with Crippen LogP contribution in [0.25, 0.3) is 0 Å². The zero-order chi connectivity index (χ0) is 28.2. The molecule has 5 N–H and O–H groups in total. The molecule has 0 radical (unpaired) electrons. The summed E-state index contributed by atoms with van der Waals surface area (Å²) in [6, 6.07) is -0.228. The van der Waals surface area contributed by atoms with Crippen molar-refractivity contribution in [2.24, 2.45) is 5.11 Å². The van der Waals surface area contributed by atoms with E-state index in [2.05, 4.69) is 22.7 Å². The average Bonchev–Trinajstić information content (AvgIpc) is 2.76. The van der Waals surface area contributed by atoms with Crippen molar-refractivity contribution in [1.82, 2.24) is 25.7 Å². The number of carbonyl (C=O) groups excluding carboxylic acids is 1. The first-order valence-corrected chi connectivity index (χ1v) is 13.8. The Morgan fingerprint density at radius 2 is 1.46 bits per heavy atom. The van der Waals surface area contributed by atoms with E-state index in [1.54, 1.807) is 6.20 Å². The summed E-state index contributed by atoms with van der Waals surface area (Å²) in [5.74, 6) is 0. The molecule has 214 valence electrons. The monoisotopic (exact) mass is 523 g/mol. The third-order valence-electron chi connectivity index (χ3n) is 7.92. The molecule has 37 heavy (non-hydrogen) atoms. The molecule has 0 bridgehead atoms. The summed E-state index contributed by atoms with van der Waals surface area (Å²) in [6.45, 7) is 19.5. The number of amides is 2. The van der Waals surface area contributed by atoms with Crippen LogP contribution in [0.15, 0.2) is 17.0 Å². The Bertz CT molecular complexity index is 789. The van der Waals surface area contributed by atoms with Gasteiger partial charge in [-0.25, -0.2) is 10.3 Å². The molecule has 2 aliphatic rings.